The molecule has 0 heterocycles. The van der Waals surface area contributed by atoms with Crippen molar-refractivity contribution in [2.45, 2.75) is 6.55 Å². The van der Waals surface area contributed by atoms with Gasteiger partial charge in [0.2, 0.25) is 0 Å². The fourth-order valence-corrected chi connectivity index (χ4v) is 1.84. The Hall–Kier alpha value is 0.394. The molecule has 0 aliphatic carbocycles. The van der Waals surface area contributed by atoms with Crippen LogP contribution in [0.1, 0.15) is 0 Å². The van der Waals surface area contributed by atoms with Crippen molar-refractivity contribution in [2.24, 2.45) is 0 Å². The third kappa shape index (κ3) is 4.39. The molecule has 0 bridgehead atoms. The van der Waals surface area contributed by atoms with Gasteiger partial charge in [-0.15, -0.1) is 0 Å². The highest BCUT2D eigenvalue weighted by atomic mass is 29.2. The number of hydrogen-bond donors (Lipinski definition) is 0. The van der Waals surface area contributed by atoms with Crippen LogP contribution in [0.3, 0.4) is 0 Å². The summed E-state index contributed by atoms with van der Waals surface area (Å²) < 4.78 is 4.89. The van der Waals surface area contributed by atoms with Gasteiger partial charge in [0.1, 0.15) is 9.28 Å². The molecule has 0 aromatic heterocycles. The zero-order valence-corrected chi connectivity index (χ0v) is 6.65. The van der Waals surface area contributed by atoms with Crippen LogP contribution < -0.4 is 0 Å². The van der Waals surface area contributed by atoms with Gasteiger partial charge in [0.15, 0.2) is 0 Å². The lowest BCUT2D eigenvalue weighted by atomic mass is 11.8. The highest BCUT2D eigenvalue weighted by Crippen LogP contribution is 1.51. The SMILES string of the molecule is CO[SiH2][SiH2]C. The van der Waals surface area contributed by atoms with E-state index in [1.165, 1.54) is 0 Å². The maximum Gasteiger partial charge on any atom is 0.142 e. The molecule has 0 rings (SSSR count). The van der Waals surface area contributed by atoms with Gasteiger partial charge in [0.25, 0.3) is 0 Å². The summed E-state index contributed by atoms with van der Waals surface area (Å²) in [4.78, 5) is 0. The summed E-state index contributed by atoms with van der Waals surface area (Å²) in [6.07, 6.45) is 0. The third-order valence-corrected chi connectivity index (χ3v) is 3.67. The van der Waals surface area contributed by atoms with Crippen LogP contribution in [0.15, 0.2) is 0 Å². The van der Waals surface area contributed by atoms with Crippen molar-refractivity contribution in [3.05, 3.63) is 0 Å². The first-order valence-corrected chi connectivity index (χ1v) is 7.90. The second-order valence-electron chi connectivity index (χ2n) is 0.993. The summed E-state index contributed by atoms with van der Waals surface area (Å²) in [5.74, 6) is 0. The van der Waals surface area contributed by atoms with E-state index in [0.29, 0.717) is 9.04 Å². The second-order valence-corrected chi connectivity index (χ2v) is 7.20. The highest BCUT2D eigenvalue weighted by molar-refractivity contribution is 6.96. The molecule has 5 heavy (non-hydrogen) atoms. The molecule has 0 spiro atoms. The quantitative estimate of drug-likeness (QED) is 0.404. The van der Waals surface area contributed by atoms with Gasteiger partial charge in [-0.1, -0.05) is 6.55 Å². The van der Waals surface area contributed by atoms with E-state index in [0.717, 1.165) is 0 Å². The molecular weight excluding hydrogens is 96.2 g/mol. The maximum atomic E-state index is 4.89. The topological polar surface area (TPSA) is 9.23 Å². The van der Waals surface area contributed by atoms with Crippen molar-refractivity contribution >= 4 is 18.3 Å². The van der Waals surface area contributed by atoms with Gasteiger partial charge in [-0.05, 0) is 0 Å². The van der Waals surface area contributed by atoms with Crippen molar-refractivity contribution in [3.63, 3.8) is 0 Å². The Morgan fingerprint density at radius 3 is 2.20 bits per heavy atom. The Bertz CT molecular complexity index is 15.1. The summed E-state index contributed by atoms with van der Waals surface area (Å²) in [5.41, 5.74) is 0. The van der Waals surface area contributed by atoms with Gasteiger partial charge in [-0.25, -0.2) is 0 Å². The predicted octanol–water partition coefficient (Wildman–Crippen LogP) is -1.15. The van der Waals surface area contributed by atoms with Crippen LogP contribution >= 0.6 is 0 Å². The van der Waals surface area contributed by atoms with Crippen LogP contribution in [-0.2, 0) is 4.43 Å². The minimum Gasteiger partial charge on any atom is -0.431 e. The zero-order chi connectivity index (χ0) is 4.12. The predicted molar refractivity (Wildman–Crippen MR) is 30.0 cm³/mol. The Labute approximate surface area is 37.3 Å². The van der Waals surface area contributed by atoms with E-state index in [2.05, 4.69) is 6.55 Å². The van der Waals surface area contributed by atoms with Crippen molar-refractivity contribution in [1.29, 1.82) is 0 Å². The van der Waals surface area contributed by atoms with E-state index in [-0.39, 0.29) is 9.28 Å². The molecule has 0 fully saturated rings. The van der Waals surface area contributed by atoms with Gasteiger partial charge < -0.3 is 4.43 Å². The molecule has 32 valence electrons. The van der Waals surface area contributed by atoms with Crippen molar-refractivity contribution in [3.8, 4) is 0 Å². The highest BCUT2D eigenvalue weighted by Gasteiger charge is 1.70. The first-order chi connectivity index (χ1) is 2.41. The molecule has 0 N–H and O–H groups in total. The van der Waals surface area contributed by atoms with Crippen molar-refractivity contribution in [2.75, 3.05) is 7.11 Å². The van der Waals surface area contributed by atoms with E-state index in [1.54, 1.807) is 0 Å². The molecule has 0 aliphatic rings. The molecule has 0 saturated heterocycles. The molecule has 0 aliphatic heterocycles. The maximum absolute atomic E-state index is 4.89. The van der Waals surface area contributed by atoms with Crippen LogP contribution in [0.25, 0.3) is 0 Å². The summed E-state index contributed by atoms with van der Waals surface area (Å²) in [6.45, 7) is 2.29. The average Bonchev–Trinajstić information content (AvgIpc) is 1.41. The van der Waals surface area contributed by atoms with Crippen LogP contribution in [-0.4, -0.2) is 25.4 Å². The Morgan fingerprint density at radius 1 is 1.60 bits per heavy atom. The Morgan fingerprint density at radius 2 is 2.20 bits per heavy atom. The summed E-state index contributed by atoms with van der Waals surface area (Å²) in [5, 5.41) is 0. The van der Waals surface area contributed by atoms with Crippen LogP contribution in [0, 0.1) is 0 Å². The van der Waals surface area contributed by atoms with E-state index in [9.17, 15) is 0 Å². The van der Waals surface area contributed by atoms with Crippen molar-refractivity contribution < 1.29 is 4.43 Å². The van der Waals surface area contributed by atoms with Crippen LogP contribution in [0.5, 0.6) is 0 Å². The van der Waals surface area contributed by atoms with E-state index in [4.69, 9.17) is 4.43 Å². The fraction of sp³-hybridized carbons (Fsp3) is 1.00. The molecule has 3 heteroatoms. The molecule has 0 aromatic rings. The largest absolute Gasteiger partial charge is 0.431 e. The van der Waals surface area contributed by atoms with E-state index < -0.39 is 0 Å². The molecule has 0 amide bonds. The molecule has 0 aromatic carbocycles. The number of hydrogen-bond acceptors (Lipinski definition) is 1. The molecule has 0 saturated carbocycles. The fourth-order valence-electron chi connectivity index (χ4n) is 0.204. The summed E-state index contributed by atoms with van der Waals surface area (Å²) in [7, 11) is 2.21. The third-order valence-electron chi connectivity index (χ3n) is 0.408. The lowest BCUT2D eigenvalue weighted by Gasteiger charge is -1.82. The minimum atomic E-state index is 0.0710. The standard InChI is InChI=1S/C2H10OSi2/c1-3-5-4-2/h4-5H2,1-2H3. The van der Waals surface area contributed by atoms with Crippen LogP contribution in [0.2, 0.25) is 6.55 Å². The molecule has 0 atom stereocenters. The lowest BCUT2D eigenvalue weighted by molar-refractivity contribution is 0.454. The average molecular weight is 106 g/mol. The molecule has 0 unspecified atom stereocenters. The molecule has 0 radical (unpaired) electrons. The monoisotopic (exact) mass is 106 g/mol. The molecule has 1 nitrogen and oxygen atoms in total. The first kappa shape index (κ1) is 5.39. The van der Waals surface area contributed by atoms with Gasteiger partial charge in [-0.3, -0.25) is 0 Å². The second kappa shape index (κ2) is 4.39. The number of rotatable bonds is 2. The van der Waals surface area contributed by atoms with Crippen molar-refractivity contribution in [1.82, 2.24) is 0 Å². The first-order valence-electron chi connectivity index (χ1n) is 1.90. The van der Waals surface area contributed by atoms with Gasteiger partial charge >= 0.3 is 0 Å². The lowest BCUT2D eigenvalue weighted by Crippen LogP contribution is -1.99. The minimum absolute atomic E-state index is 0.0710. The van der Waals surface area contributed by atoms with E-state index >= 15 is 0 Å². The Kier molecular flexibility index (Phi) is 4.74. The van der Waals surface area contributed by atoms with Gasteiger partial charge in [0, 0.05) is 16.1 Å². The summed E-state index contributed by atoms with van der Waals surface area (Å²) in [6, 6.07) is 0. The summed E-state index contributed by atoms with van der Waals surface area (Å²) >= 11 is 0. The van der Waals surface area contributed by atoms with Gasteiger partial charge in [-0.2, -0.15) is 0 Å². The van der Waals surface area contributed by atoms with Crippen LogP contribution in [0.4, 0.5) is 0 Å². The zero-order valence-electron chi connectivity index (χ0n) is 3.82. The smallest absolute Gasteiger partial charge is 0.142 e. The normalized spacial score (nSPS) is 13.2. The molecular formula is C2H10OSi2. The van der Waals surface area contributed by atoms with E-state index in [1.807, 2.05) is 7.11 Å². The van der Waals surface area contributed by atoms with Gasteiger partial charge in [0.05, 0.1) is 0 Å². The Balaban J connectivity index is 2.19.